The molecule has 0 radical (unpaired) electrons. The van der Waals surface area contributed by atoms with Crippen LogP contribution < -0.4 is 5.32 Å². The van der Waals surface area contributed by atoms with Crippen LogP contribution >= 0.6 is 0 Å². The molecule has 2 aromatic heterocycles. The molecule has 0 amide bonds. The number of aryl methyl sites for hydroxylation is 3. The molecular formula is C14H21N3O2. The van der Waals surface area contributed by atoms with Gasteiger partial charge in [0.15, 0.2) is 0 Å². The second-order valence-electron chi connectivity index (χ2n) is 4.68. The predicted molar refractivity (Wildman–Crippen MR) is 73.0 cm³/mol. The minimum atomic E-state index is 0.547. The normalized spacial score (nSPS) is 11.1. The summed E-state index contributed by atoms with van der Waals surface area (Å²) in [6, 6.07) is 1.93. The van der Waals surface area contributed by atoms with Gasteiger partial charge >= 0.3 is 0 Å². The zero-order valence-electron chi connectivity index (χ0n) is 11.8. The second kappa shape index (κ2) is 6.52. The number of nitrogens with one attached hydrogen (secondary N) is 1. The number of hydrogen-bond acceptors (Lipinski definition) is 5. The molecule has 19 heavy (non-hydrogen) atoms. The molecule has 2 aromatic rings. The molecule has 0 aliphatic carbocycles. The molecule has 0 aromatic carbocycles. The van der Waals surface area contributed by atoms with Gasteiger partial charge in [0.05, 0.1) is 5.56 Å². The Morgan fingerprint density at radius 1 is 1.16 bits per heavy atom. The molecule has 0 saturated carbocycles. The second-order valence-corrected chi connectivity index (χ2v) is 4.68. The molecule has 0 aliphatic rings. The Balaban J connectivity index is 1.90. The minimum Gasteiger partial charge on any atom is -0.466 e. The van der Waals surface area contributed by atoms with Gasteiger partial charge in [-0.1, -0.05) is 6.92 Å². The van der Waals surface area contributed by atoms with E-state index in [2.05, 4.69) is 22.4 Å². The number of rotatable bonds is 7. The van der Waals surface area contributed by atoms with Gasteiger partial charge in [-0.05, 0) is 45.8 Å². The molecule has 0 aliphatic heterocycles. The van der Waals surface area contributed by atoms with Crippen LogP contribution in [0.1, 0.15) is 37.2 Å². The van der Waals surface area contributed by atoms with Gasteiger partial charge in [0.25, 0.3) is 5.89 Å². The van der Waals surface area contributed by atoms with E-state index >= 15 is 0 Å². The monoisotopic (exact) mass is 263 g/mol. The number of aromatic nitrogens is 2. The Labute approximate surface area is 113 Å². The van der Waals surface area contributed by atoms with Gasteiger partial charge in [-0.3, -0.25) is 0 Å². The van der Waals surface area contributed by atoms with Crippen LogP contribution in [0.4, 0.5) is 0 Å². The maximum atomic E-state index is 5.66. The first-order valence-corrected chi connectivity index (χ1v) is 6.81. The highest BCUT2D eigenvalue weighted by Gasteiger charge is 2.14. The lowest BCUT2D eigenvalue weighted by molar-refractivity contribution is 0.485. The standard InChI is InChI=1S/C14H21N3O2/c1-4-7-15-8-5-6-13-16-17-14(19-13)12-9-10(2)18-11(12)3/h9,15H,4-8H2,1-3H3. The van der Waals surface area contributed by atoms with Gasteiger partial charge in [-0.15, -0.1) is 10.2 Å². The maximum Gasteiger partial charge on any atom is 0.251 e. The summed E-state index contributed by atoms with van der Waals surface area (Å²) in [6.07, 6.45) is 2.97. The molecule has 0 bridgehead atoms. The molecule has 1 N–H and O–H groups in total. The molecule has 0 unspecified atom stereocenters. The van der Waals surface area contributed by atoms with Crippen molar-refractivity contribution in [3.05, 3.63) is 23.5 Å². The van der Waals surface area contributed by atoms with Crippen LogP contribution in [0.3, 0.4) is 0 Å². The SMILES string of the molecule is CCCNCCCc1nnc(-c2cc(C)oc2C)o1. The molecule has 5 nitrogen and oxygen atoms in total. The summed E-state index contributed by atoms with van der Waals surface area (Å²) in [4.78, 5) is 0. The third-order valence-corrected chi connectivity index (χ3v) is 2.91. The molecule has 0 spiro atoms. The molecule has 0 saturated heterocycles. The number of furan rings is 1. The van der Waals surface area contributed by atoms with E-state index in [1.165, 1.54) is 0 Å². The Morgan fingerprint density at radius 2 is 2.00 bits per heavy atom. The van der Waals surface area contributed by atoms with E-state index in [1.54, 1.807) is 0 Å². The fraction of sp³-hybridized carbons (Fsp3) is 0.571. The number of nitrogens with zero attached hydrogens (tertiary/aromatic N) is 2. The molecule has 2 rings (SSSR count). The van der Waals surface area contributed by atoms with Crippen molar-refractivity contribution in [2.75, 3.05) is 13.1 Å². The van der Waals surface area contributed by atoms with E-state index in [9.17, 15) is 0 Å². The van der Waals surface area contributed by atoms with E-state index < -0.39 is 0 Å². The third-order valence-electron chi connectivity index (χ3n) is 2.91. The smallest absolute Gasteiger partial charge is 0.251 e. The molecular weight excluding hydrogens is 242 g/mol. The maximum absolute atomic E-state index is 5.66. The van der Waals surface area contributed by atoms with Crippen LogP contribution in [0.15, 0.2) is 14.9 Å². The van der Waals surface area contributed by atoms with E-state index in [0.29, 0.717) is 11.8 Å². The number of hydrogen-bond donors (Lipinski definition) is 1. The Morgan fingerprint density at radius 3 is 2.68 bits per heavy atom. The van der Waals surface area contributed by atoms with Crippen molar-refractivity contribution in [3.8, 4) is 11.5 Å². The van der Waals surface area contributed by atoms with Crippen molar-refractivity contribution < 1.29 is 8.83 Å². The Kier molecular flexibility index (Phi) is 4.74. The summed E-state index contributed by atoms with van der Waals surface area (Å²) in [5.74, 6) is 2.91. The Bertz CT molecular complexity index is 516. The van der Waals surface area contributed by atoms with Crippen molar-refractivity contribution in [1.29, 1.82) is 0 Å². The van der Waals surface area contributed by atoms with Crippen molar-refractivity contribution in [1.82, 2.24) is 15.5 Å². The highest BCUT2D eigenvalue weighted by molar-refractivity contribution is 5.55. The fourth-order valence-corrected chi connectivity index (χ4v) is 1.97. The van der Waals surface area contributed by atoms with Crippen LogP contribution in [0.5, 0.6) is 0 Å². The lowest BCUT2D eigenvalue weighted by Gasteiger charge is -1.99. The van der Waals surface area contributed by atoms with Gasteiger partial charge in [0.1, 0.15) is 11.5 Å². The van der Waals surface area contributed by atoms with Crippen molar-refractivity contribution in [3.63, 3.8) is 0 Å². The summed E-state index contributed by atoms with van der Waals surface area (Å²) in [7, 11) is 0. The predicted octanol–water partition coefficient (Wildman–Crippen LogP) is 2.88. The summed E-state index contributed by atoms with van der Waals surface area (Å²) in [6.45, 7) is 8.01. The quantitative estimate of drug-likeness (QED) is 0.778. The fourth-order valence-electron chi connectivity index (χ4n) is 1.97. The van der Waals surface area contributed by atoms with E-state index in [1.807, 2.05) is 19.9 Å². The summed E-state index contributed by atoms with van der Waals surface area (Å²) in [5, 5.41) is 11.5. The van der Waals surface area contributed by atoms with E-state index in [-0.39, 0.29) is 0 Å². The molecule has 2 heterocycles. The molecule has 0 atom stereocenters. The van der Waals surface area contributed by atoms with Gasteiger partial charge in [0.2, 0.25) is 5.89 Å². The molecule has 104 valence electrons. The summed E-state index contributed by atoms with van der Waals surface area (Å²) >= 11 is 0. The van der Waals surface area contributed by atoms with Gasteiger partial charge in [0, 0.05) is 6.42 Å². The molecule has 5 heteroatoms. The van der Waals surface area contributed by atoms with Crippen molar-refractivity contribution in [2.24, 2.45) is 0 Å². The lowest BCUT2D eigenvalue weighted by atomic mass is 10.2. The van der Waals surface area contributed by atoms with Gasteiger partial charge in [-0.2, -0.15) is 0 Å². The van der Waals surface area contributed by atoms with Crippen LogP contribution in [0, 0.1) is 13.8 Å². The first-order valence-electron chi connectivity index (χ1n) is 6.81. The van der Waals surface area contributed by atoms with Crippen LogP contribution in [-0.4, -0.2) is 23.3 Å². The first-order chi connectivity index (χ1) is 9.20. The average molecular weight is 263 g/mol. The van der Waals surface area contributed by atoms with Crippen molar-refractivity contribution in [2.45, 2.75) is 40.0 Å². The van der Waals surface area contributed by atoms with Crippen LogP contribution in [-0.2, 0) is 6.42 Å². The zero-order valence-corrected chi connectivity index (χ0v) is 11.8. The average Bonchev–Trinajstić information content (AvgIpc) is 2.95. The largest absolute Gasteiger partial charge is 0.466 e. The summed E-state index contributed by atoms with van der Waals surface area (Å²) < 4.78 is 11.1. The van der Waals surface area contributed by atoms with Gasteiger partial charge in [-0.25, -0.2) is 0 Å². The van der Waals surface area contributed by atoms with Crippen molar-refractivity contribution >= 4 is 0 Å². The summed E-state index contributed by atoms with van der Waals surface area (Å²) in [5.41, 5.74) is 0.889. The highest BCUT2D eigenvalue weighted by atomic mass is 16.4. The topological polar surface area (TPSA) is 64.1 Å². The first kappa shape index (κ1) is 13.8. The Hall–Kier alpha value is -1.62. The van der Waals surface area contributed by atoms with E-state index in [4.69, 9.17) is 8.83 Å². The van der Waals surface area contributed by atoms with Crippen LogP contribution in [0.25, 0.3) is 11.5 Å². The van der Waals surface area contributed by atoms with E-state index in [0.717, 1.165) is 49.4 Å². The molecule has 0 fully saturated rings. The minimum absolute atomic E-state index is 0.547. The van der Waals surface area contributed by atoms with Gasteiger partial charge < -0.3 is 14.2 Å². The third kappa shape index (κ3) is 3.67. The highest BCUT2D eigenvalue weighted by Crippen LogP contribution is 2.25. The zero-order chi connectivity index (χ0) is 13.7. The lowest BCUT2D eigenvalue weighted by Crippen LogP contribution is -2.16. The van der Waals surface area contributed by atoms with Crippen LogP contribution in [0.2, 0.25) is 0 Å².